The van der Waals surface area contributed by atoms with E-state index in [4.69, 9.17) is 10.5 Å². The second-order valence-corrected chi connectivity index (χ2v) is 6.25. The summed E-state index contributed by atoms with van der Waals surface area (Å²) < 4.78 is 6.06. The van der Waals surface area contributed by atoms with E-state index in [1.807, 2.05) is 30.3 Å². The lowest BCUT2D eigenvalue weighted by molar-refractivity contribution is -0.0313. The van der Waals surface area contributed by atoms with Gasteiger partial charge in [0.05, 0.1) is 18.3 Å². The summed E-state index contributed by atoms with van der Waals surface area (Å²) in [7, 11) is 0. The highest BCUT2D eigenvalue weighted by Gasteiger charge is 2.39. The van der Waals surface area contributed by atoms with Gasteiger partial charge in [0.15, 0.2) is 0 Å². The van der Waals surface area contributed by atoms with E-state index in [9.17, 15) is 5.11 Å². The standard InChI is InChI=1S/C16H25NO2/c1-15(2)9-8-14(19-15)10-16(11-17,12-18)13-6-4-3-5-7-13/h3-7,14,18H,8-12,17H2,1-2H3. The van der Waals surface area contributed by atoms with E-state index in [2.05, 4.69) is 13.8 Å². The van der Waals surface area contributed by atoms with Gasteiger partial charge in [-0.15, -0.1) is 0 Å². The third kappa shape index (κ3) is 3.16. The summed E-state index contributed by atoms with van der Waals surface area (Å²) >= 11 is 0. The molecule has 1 saturated heterocycles. The molecule has 3 N–H and O–H groups in total. The van der Waals surface area contributed by atoms with E-state index in [0.29, 0.717) is 6.54 Å². The average Bonchev–Trinajstić information content (AvgIpc) is 2.76. The van der Waals surface area contributed by atoms with Crippen LogP contribution in [0.15, 0.2) is 30.3 Å². The first kappa shape index (κ1) is 14.5. The molecule has 106 valence electrons. The first-order chi connectivity index (χ1) is 9.01. The smallest absolute Gasteiger partial charge is 0.0631 e. The topological polar surface area (TPSA) is 55.5 Å². The fraction of sp³-hybridized carbons (Fsp3) is 0.625. The molecule has 0 aliphatic carbocycles. The Hall–Kier alpha value is -0.900. The van der Waals surface area contributed by atoms with Gasteiger partial charge in [0.1, 0.15) is 0 Å². The molecule has 1 aromatic rings. The molecule has 2 unspecified atom stereocenters. The molecule has 1 aromatic carbocycles. The summed E-state index contributed by atoms with van der Waals surface area (Å²) in [5.41, 5.74) is 6.66. The number of nitrogens with two attached hydrogens (primary N) is 1. The zero-order valence-electron chi connectivity index (χ0n) is 11.9. The van der Waals surface area contributed by atoms with Crippen molar-refractivity contribution < 1.29 is 9.84 Å². The maximum atomic E-state index is 9.88. The van der Waals surface area contributed by atoms with Crippen LogP contribution in [0.5, 0.6) is 0 Å². The van der Waals surface area contributed by atoms with Crippen molar-refractivity contribution in [2.75, 3.05) is 13.2 Å². The Kier molecular flexibility index (Phi) is 4.29. The number of aliphatic hydroxyl groups excluding tert-OH is 1. The third-order valence-electron chi connectivity index (χ3n) is 4.25. The predicted octanol–water partition coefficient (Wildman–Crippen LogP) is 2.22. The van der Waals surface area contributed by atoms with Crippen molar-refractivity contribution in [2.24, 2.45) is 5.73 Å². The summed E-state index contributed by atoms with van der Waals surface area (Å²) in [6, 6.07) is 10.1. The van der Waals surface area contributed by atoms with Crippen molar-refractivity contribution in [3.63, 3.8) is 0 Å². The van der Waals surface area contributed by atoms with Crippen molar-refractivity contribution in [1.29, 1.82) is 0 Å². The SMILES string of the molecule is CC1(C)CCC(CC(CN)(CO)c2ccccc2)O1. The van der Waals surface area contributed by atoms with Crippen LogP contribution >= 0.6 is 0 Å². The molecular weight excluding hydrogens is 238 g/mol. The van der Waals surface area contributed by atoms with Gasteiger partial charge in [0, 0.05) is 12.0 Å². The number of rotatable bonds is 5. The van der Waals surface area contributed by atoms with Crippen LogP contribution in [0.1, 0.15) is 38.7 Å². The third-order valence-corrected chi connectivity index (χ3v) is 4.25. The Morgan fingerprint density at radius 2 is 2.05 bits per heavy atom. The van der Waals surface area contributed by atoms with E-state index in [1.54, 1.807) is 0 Å². The quantitative estimate of drug-likeness (QED) is 0.856. The van der Waals surface area contributed by atoms with Gasteiger partial charge in [-0.25, -0.2) is 0 Å². The van der Waals surface area contributed by atoms with Gasteiger partial charge >= 0.3 is 0 Å². The van der Waals surface area contributed by atoms with Gasteiger partial charge < -0.3 is 15.6 Å². The Morgan fingerprint density at radius 1 is 1.37 bits per heavy atom. The summed E-state index contributed by atoms with van der Waals surface area (Å²) in [5.74, 6) is 0. The van der Waals surface area contributed by atoms with Crippen LogP contribution in [0.2, 0.25) is 0 Å². The molecule has 2 atom stereocenters. The predicted molar refractivity (Wildman–Crippen MR) is 77.1 cm³/mol. The minimum Gasteiger partial charge on any atom is -0.395 e. The lowest BCUT2D eigenvalue weighted by Gasteiger charge is -2.34. The molecule has 2 rings (SSSR count). The number of hydrogen-bond acceptors (Lipinski definition) is 3. The lowest BCUT2D eigenvalue weighted by Crippen LogP contribution is -2.42. The zero-order valence-corrected chi connectivity index (χ0v) is 11.9. The highest BCUT2D eigenvalue weighted by Crippen LogP contribution is 2.37. The van der Waals surface area contributed by atoms with Crippen LogP contribution in [-0.2, 0) is 10.2 Å². The molecule has 0 amide bonds. The molecule has 0 radical (unpaired) electrons. The van der Waals surface area contributed by atoms with Crippen molar-refractivity contribution >= 4 is 0 Å². The molecule has 1 heterocycles. The summed E-state index contributed by atoms with van der Waals surface area (Å²) in [6.45, 7) is 4.75. The molecule has 0 spiro atoms. The molecule has 0 bridgehead atoms. The molecule has 1 fully saturated rings. The first-order valence-electron chi connectivity index (χ1n) is 7.06. The summed E-state index contributed by atoms with van der Waals surface area (Å²) in [4.78, 5) is 0. The number of benzene rings is 1. The fourth-order valence-corrected chi connectivity index (χ4v) is 2.99. The van der Waals surface area contributed by atoms with Gasteiger partial charge in [0.2, 0.25) is 0 Å². The monoisotopic (exact) mass is 263 g/mol. The van der Waals surface area contributed by atoms with Crippen molar-refractivity contribution in [2.45, 2.75) is 50.2 Å². The van der Waals surface area contributed by atoms with Crippen LogP contribution in [0.25, 0.3) is 0 Å². The molecule has 0 aromatic heterocycles. The maximum Gasteiger partial charge on any atom is 0.0631 e. The van der Waals surface area contributed by atoms with Crippen LogP contribution in [0.4, 0.5) is 0 Å². The molecule has 1 aliphatic heterocycles. The Balaban J connectivity index is 2.17. The summed E-state index contributed by atoms with van der Waals surface area (Å²) in [5, 5.41) is 9.88. The van der Waals surface area contributed by atoms with Crippen molar-refractivity contribution in [3.05, 3.63) is 35.9 Å². The van der Waals surface area contributed by atoms with Crippen LogP contribution in [0, 0.1) is 0 Å². The Morgan fingerprint density at radius 3 is 2.53 bits per heavy atom. The second kappa shape index (κ2) is 5.61. The van der Waals surface area contributed by atoms with Gasteiger partial charge in [0.25, 0.3) is 0 Å². The van der Waals surface area contributed by atoms with Crippen LogP contribution in [-0.4, -0.2) is 30.0 Å². The minimum atomic E-state index is -0.383. The normalized spacial score (nSPS) is 25.2. The van der Waals surface area contributed by atoms with Gasteiger partial charge in [-0.2, -0.15) is 0 Å². The Bertz CT molecular complexity index is 398. The van der Waals surface area contributed by atoms with Gasteiger partial charge in [-0.3, -0.25) is 0 Å². The van der Waals surface area contributed by atoms with Crippen LogP contribution in [0.3, 0.4) is 0 Å². The highest BCUT2D eigenvalue weighted by atomic mass is 16.5. The molecule has 0 saturated carbocycles. The average molecular weight is 263 g/mol. The zero-order chi connectivity index (χ0) is 13.9. The Labute approximate surface area is 115 Å². The molecule has 1 aliphatic rings. The maximum absolute atomic E-state index is 9.88. The largest absolute Gasteiger partial charge is 0.395 e. The highest BCUT2D eigenvalue weighted by molar-refractivity contribution is 5.26. The van der Waals surface area contributed by atoms with E-state index < -0.39 is 0 Å². The van der Waals surface area contributed by atoms with E-state index in [0.717, 1.165) is 24.8 Å². The van der Waals surface area contributed by atoms with Gasteiger partial charge in [-0.05, 0) is 38.7 Å². The number of aliphatic hydroxyl groups is 1. The van der Waals surface area contributed by atoms with Crippen molar-refractivity contribution in [3.8, 4) is 0 Å². The molecule has 19 heavy (non-hydrogen) atoms. The van der Waals surface area contributed by atoms with Crippen molar-refractivity contribution in [1.82, 2.24) is 0 Å². The molecular formula is C16H25NO2. The first-order valence-corrected chi connectivity index (χ1v) is 7.06. The molecule has 3 heteroatoms. The number of hydrogen-bond donors (Lipinski definition) is 2. The molecule has 3 nitrogen and oxygen atoms in total. The second-order valence-electron chi connectivity index (χ2n) is 6.25. The fourth-order valence-electron chi connectivity index (χ4n) is 2.99. The summed E-state index contributed by atoms with van der Waals surface area (Å²) in [6.07, 6.45) is 3.08. The van der Waals surface area contributed by atoms with E-state index in [-0.39, 0.29) is 23.7 Å². The van der Waals surface area contributed by atoms with Crippen LogP contribution < -0.4 is 5.73 Å². The lowest BCUT2D eigenvalue weighted by atomic mass is 9.76. The van der Waals surface area contributed by atoms with Gasteiger partial charge in [-0.1, -0.05) is 30.3 Å². The minimum absolute atomic E-state index is 0.0445. The van der Waals surface area contributed by atoms with E-state index in [1.165, 1.54) is 0 Å². The number of ether oxygens (including phenoxy) is 1. The van der Waals surface area contributed by atoms with E-state index >= 15 is 0 Å².